The molecule has 134 valence electrons. The number of aromatic nitrogens is 3. The fourth-order valence-electron chi connectivity index (χ4n) is 2.99. The molecule has 27 heavy (non-hydrogen) atoms. The molecule has 4 aromatic rings. The predicted octanol–water partition coefficient (Wildman–Crippen LogP) is 4.94. The molecule has 0 N–H and O–H groups in total. The number of pyridine rings is 1. The highest BCUT2D eigenvalue weighted by Crippen LogP contribution is 2.34. The molecule has 1 atom stereocenters. The molecule has 5 heteroatoms. The average Bonchev–Trinajstić information content (AvgIpc) is 2.69. The maximum atomic E-state index is 13.2. The van der Waals surface area contributed by atoms with E-state index < -0.39 is 0 Å². The van der Waals surface area contributed by atoms with Crippen molar-refractivity contribution >= 4 is 22.7 Å². The summed E-state index contributed by atoms with van der Waals surface area (Å²) in [6.07, 6.45) is 1.72. The quantitative estimate of drug-likeness (QED) is 0.375. The van der Waals surface area contributed by atoms with E-state index >= 15 is 0 Å². The van der Waals surface area contributed by atoms with Gasteiger partial charge in [0.1, 0.15) is 5.82 Å². The zero-order chi connectivity index (χ0) is 18.8. The van der Waals surface area contributed by atoms with Gasteiger partial charge < -0.3 is 0 Å². The molecule has 0 bridgehead atoms. The Morgan fingerprint density at radius 3 is 2.52 bits per heavy atom. The van der Waals surface area contributed by atoms with Gasteiger partial charge in [-0.1, -0.05) is 54.2 Å². The van der Waals surface area contributed by atoms with Crippen LogP contribution in [0.3, 0.4) is 0 Å². The Bertz CT molecular complexity index is 1160. The lowest BCUT2D eigenvalue weighted by molar-refractivity contribution is 0.791. The van der Waals surface area contributed by atoms with Crippen LogP contribution in [0.4, 0.5) is 0 Å². The first-order valence-electron chi connectivity index (χ1n) is 8.80. The largest absolute Gasteiger partial charge is 0.268 e. The molecule has 0 fully saturated rings. The van der Waals surface area contributed by atoms with Gasteiger partial charge in [-0.05, 0) is 49.2 Å². The van der Waals surface area contributed by atoms with Crippen LogP contribution >= 0.6 is 11.8 Å². The molecular formula is C22H19N3OS. The van der Waals surface area contributed by atoms with Gasteiger partial charge in [-0.25, -0.2) is 14.5 Å². The third-order valence-corrected chi connectivity index (χ3v) is 5.54. The van der Waals surface area contributed by atoms with Crippen molar-refractivity contribution in [1.82, 2.24) is 14.5 Å². The smallest absolute Gasteiger partial charge is 0.267 e. The number of rotatable bonds is 4. The van der Waals surface area contributed by atoms with Crippen molar-refractivity contribution in [3.63, 3.8) is 0 Å². The molecule has 0 aliphatic carbocycles. The summed E-state index contributed by atoms with van der Waals surface area (Å²) in [7, 11) is 0. The zero-order valence-electron chi connectivity index (χ0n) is 15.2. The molecule has 2 aromatic carbocycles. The van der Waals surface area contributed by atoms with Gasteiger partial charge in [0, 0.05) is 11.4 Å². The van der Waals surface area contributed by atoms with E-state index in [2.05, 4.69) is 24.0 Å². The predicted molar refractivity (Wildman–Crippen MR) is 111 cm³/mol. The van der Waals surface area contributed by atoms with Crippen LogP contribution in [0.25, 0.3) is 16.7 Å². The van der Waals surface area contributed by atoms with Gasteiger partial charge in [0.2, 0.25) is 0 Å². The molecule has 0 amide bonds. The summed E-state index contributed by atoms with van der Waals surface area (Å²) in [6.45, 7) is 4.11. The highest BCUT2D eigenvalue weighted by Gasteiger charge is 2.17. The van der Waals surface area contributed by atoms with Crippen LogP contribution in [0.2, 0.25) is 0 Å². The maximum absolute atomic E-state index is 13.2. The SMILES string of the molecule is Cc1ccnc(-n2c(SC(C)c3ccccc3)nc3ccccc3c2=O)c1. The molecule has 0 radical (unpaired) electrons. The molecule has 0 saturated carbocycles. The number of benzene rings is 2. The van der Waals surface area contributed by atoms with Crippen molar-refractivity contribution in [2.24, 2.45) is 0 Å². The highest BCUT2D eigenvalue weighted by molar-refractivity contribution is 7.99. The van der Waals surface area contributed by atoms with E-state index in [0.29, 0.717) is 21.9 Å². The van der Waals surface area contributed by atoms with Crippen LogP contribution in [0.1, 0.15) is 23.3 Å². The Labute approximate surface area is 161 Å². The van der Waals surface area contributed by atoms with Gasteiger partial charge in [0.25, 0.3) is 5.56 Å². The van der Waals surface area contributed by atoms with E-state index in [9.17, 15) is 4.79 Å². The van der Waals surface area contributed by atoms with Crippen LogP contribution in [0.15, 0.2) is 82.9 Å². The fraction of sp³-hybridized carbons (Fsp3) is 0.136. The summed E-state index contributed by atoms with van der Waals surface area (Å²) in [5, 5.41) is 1.39. The Balaban J connectivity index is 1.90. The number of aryl methyl sites for hydroxylation is 1. The molecule has 4 nitrogen and oxygen atoms in total. The minimum Gasteiger partial charge on any atom is -0.268 e. The second kappa shape index (κ2) is 7.37. The van der Waals surface area contributed by atoms with Gasteiger partial charge >= 0.3 is 0 Å². The van der Waals surface area contributed by atoms with Gasteiger partial charge in [0.05, 0.1) is 10.9 Å². The number of hydrogen-bond acceptors (Lipinski definition) is 4. The van der Waals surface area contributed by atoms with E-state index in [1.807, 2.05) is 61.5 Å². The number of nitrogens with zero attached hydrogens (tertiary/aromatic N) is 3. The number of para-hydroxylation sites is 1. The summed E-state index contributed by atoms with van der Waals surface area (Å²) < 4.78 is 1.62. The van der Waals surface area contributed by atoms with Gasteiger partial charge in [-0.3, -0.25) is 4.79 Å². The second-order valence-electron chi connectivity index (χ2n) is 6.41. The van der Waals surface area contributed by atoms with E-state index in [1.165, 1.54) is 5.56 Å². The Morgan fingerprint density at radius 2 is 1.74 bits per heavy atom. The fourth-order valence-corrected chi connectivity index (χ4v) is 4.03. The van der Waals surface area contributed by atoms with Crippen molar-refractivity contribution < 1.29 is 0 Å². The normalized spacial score (nSPS) is 12.2. The number of hydrogen-bond donors (Lipinski definition) is 0. The summed E-state index contributed by atoms with van der Waals surface area (Å²) in [6, 6.07) is 21.5. The lowest BCUT2D eigenvalue weighted by Crippen LogP contribution is -2.23. The Morgan fingerprint density at radius 1 is 1.00 bits per heavy atom. The number of thioether (sulfide) groups is 1. The summed E-state index contributed by atoms with van der Waals surface area (Å²) in [4.78, 5) is 22.5. The number of fused-ring (bicyclic) bond motifs is 1. The third-order valence-electron chi connectivity index (χ3n) is 4.43. The second-order valence-corrected chi connectivity index (χ2v) is 7.72. The van der Waals surface area contributed by atoms with Crippen LogP contribution in [0.5, 0.6) is 0 Å². The van der Waals surface area contributed by atoms with Crippen molar-refractivity contribution in [3.8, 4) is 5.82 Å². The summed E-state index contributed by atoms with van der Waals surface area (Å²) in [5.41, 5.74) is 2.84. The molecule has 2 heterocycles. The minimum absolute atomic E-state index is 0.0959. The zero-order valence-corrected chi connectivity index (χ0v) is 16.0. The van der Waals surface area contributed by atoms with Crippen molar-refractivity contribution in [2.45, 2.75) is 24.3 Å². The van der Waals surface area contributed by atoms with Crippen LogP contribution in [0, 0.1) is 6.92 Å². The van der Waals surface area contributed by atoms with Crippen LogP contribution in [-0.4, -0.2) is 14.5 Å². The third kappa shape index (κ3) is 3.51. The standard InChI is InChI=1S/C22H19N3OS/c1-15-12-13-23-20(14-15)25-21(26)18-10-6-7-11-19(18)24-22(25)27-16(2)17-8-4-3-5-9-17/h3-14,16H,1-2H3. The topological polar surface area (TPSA) is 47.8 Å². The first-order chi connectivity index (χ1) is 13.1. The van der Waals surface area contributed by atoms with Crippen molar-refractivity contribution in [1.29, 1.82) is 0 Å². The van der Waals surface area contributed by atoms with Crippen molar-refractivity contribution in [3.05, 3.63) is 94.4 Å². The molecular weight excluding hydrogens is 354 g/mol. The molecule has 2 aromatic heterocycles. The molecule has 1 unspecified atom stereocenters. The van der Waals surface area contributed by atoms with E-state index in [4.69, 9.17) is 4.98 Å². The lowest BCUT2D eigenvalue weighted by atomic mass is 10.2. The Hall–Kier alpha value is -2.92. The molecule has 0 spiro atoms. The highest BCUT2D eigenvalue weighted by atomic mass is 32.2. The average molecular weight is 373 g/mol. The van der Waals surface area contributed by atoms with Gasteiger partial charge in [0.15, 0.2) is 5.16 Å². The van der Waals surface area contributed by atoms with Crippen LogP contribution < -0.4 is 5.56 Å². The van der Waals surface area contributed by atoms with Gasteiger partial charge in [-0.2, -0.15) is 0 Å². The van der Waals surface area contributed by atoms with E-state index in [0.717, 1.165) is 5.56 Å². The van der Waals surface area contributed by atoms with Gasteiger partial charge in [-0.15, -0.1) is 0 Å². The molecule has 0 aliphatic heterocycles. The maximum Gasteiger partial charge on any atom is 0.267 e. The molecule has 0 aliphatic rings. The van der Waals surface area contributed by atoms with Crippen LogP contribution in [-0.2, 0) is 0 Å². The minimum atomic E-state index is -0.0959. The lowest BCUT2D eigenvalue weighted by Gasteiger charge is -2.16. The first kappa shape index (κ1) is 17.5. The Kier molecular flexibility index (Phi) is 4.77. The molecule has 0 saturated heterocycles. The molecule has 4 rings (SSSR count). The summed E-state index contributed by atoms with van der Waals surface area (Å²) >= 11 is 1.56. The first-order valence-corrected chi connectivity index (χ1v) is 9.68. The van der Waals surface area contributed by atoms with E-state index in [-0.39, 0.29) is 10.8 Å². The van der Waals surface area contributed by atoms with E-state index in [1.54, 1.807) is 22.5 Å². The monoisotopic (exact) mass is 373 g/mol. The summed E-state index contributed by atoms with van der Waals surface area (Å²) in [5.74, 6) is 0.598. The van der Waals surface area contributed by atoms with Crippen molar-refractivity contribution in [2.75, 3.05) is 0 Å².